The predicted molar refractivity (Wildman–Crippen MR) is 66.4 cm³/mol. The molecular formula is C14H17NO2. The SMILES string of the molecule is Cc1ccc2c(c1)N1CCCC(C(=O)O)C1C2. The molecule has 17 heavy (non-hydrogen) atoms. The summed E-state index contributed by atoms with van der Waals surface area (Å²) in [5, 5.41) is 9.29. The van der Waals surface area contributed by atoms with Gasteiger partial charge in [0.2, 0.25) is 0 Å². The predicted octanol–water partition coefficient (Wildman–Crippen LogP) is 2.22. The van der Waals surface area contributed by atoms with E-state index in [4.69, 9.17) is 0 Å². The number of benzene rings is 1. The summed E-state index contributed by atoms with van der Waals surface area (Å²) in [6, 6.07) is 6.65. The van der Waals surface area contributed by atoms with E-state index in [1.807, 2.05) is 0 Å². The van der Waals surface area contributed by atoms with Crippen molar-refractivity contribution in [2.24, 2.45) is 5.92 Å². The Bertz CT molecular complexity index is 469. The topological polar surface area (TPSA) is 40.5 Å². The fourth-order valence-corrected chi connectivity index (χ4v) is 3.24. The van der Waals surface area contributed by atoms with E-state index in [-0.39, 0.29) is 12.0 Å². The average molecular weight is 231 g/mol. The van der Waals surface area contributed by atoms with Gasteiger partial charge in [0.05, 0.1) is 5.92 Å². The highest BCUT2D eigenvalue weighted by Crippen LogP contribution is 2.39. The molecule has 1 aromatic carbocycles. The fraction of sp³-hybridized carbons (Fsp3) is 0.500. The van der Waals surface area contributed by atoms with Crippen LogP contribution in [0.5, 0.6) is 0 Å². The third kappa shape index (κ3) is 1.61. The van der Waals surface area contributed by atoms with Gasteiger partial charge in [0.15, 0.2) is 0 Å². The molecule has 0 spiro atoms. The van der Waals surface area contributed by atoms with Gasteiger partial charge in [0.25, 0.3) is 0 Å². The van der Waals surface area contributed by atoms with Gasteiger partial charge >= 0.3 is 5.97 Å². The van der Waals surface area contributed by atoms with E-state index >= 15 is 0 Å². The van der Waals surface area contributed by atoms with Crippen LogP contribution in [-0.2, 0) is 11.2 Å². The summed E-state index contributed by atoms with van der Waals surface area (Å²) in [6.07, 6.45) is 2.71. The van der Waals surface area contributed by atoms with Gasteiger partial charge in [0.1, 0.15) is 0 Å². The van der Waals surface area contributed by atoms with Crippen LogP contribution in [0, 0.1) is 12.8 Å². The van der Waals surface area contributed by atoms with E-state index < -0.39 is 5.97 Å². The normalized spacial score (nSPS) is 26.5. The lowest BCUT2D eigenvalue weighted by Crippen LogP contribution is -2.46. The van der Waals surface area contributed by atoms with Gasteiger partial charge in [-0.3, -0.25) is 4.79 Å². The molecule has 2 aliphatic heterocycles. The molecular weight excluding hydrogens is 214 g/mol. The quantitative estimate of drug-likeness (QED) is 0.805. The highest BCUT2D eigenvalue weighted by atomic mass is 16.4. The summed E-state index contributed by atoms with van der Waals surface area (Å²) in [5.41, 5.74) is 3.83. The molecule has 0 saturated carbocycles. The zero-order chi connectivity index (χ0) is 12.0. The van der Waals surface area contributed by atoms with Gasteiger partial charge in [-0.15, -0.1) is 0 Å². The van der Waals surface area contributed by atoms with Crippen LogP contribution in [0.3, 0.4) is 0 Å². The second-order valence-corrected chi connectivity index (χ2v) is 5.18. The number of carbonyl (C=O) groups is 1. The number of aryl methyl sites for hydroxylation is 1. The lowest BCUT2D eigenvalue weighted by Gasteiger charge is -2.36. The number of hydrogen-bond donors (Lipinski definition) is 1. The molecule has 0 radical (unpaired) electrons. The standard InChI is InChI=1S/C14H17NO2/c1-9-4-5-10-8-13-11(14(16)17)3-2-6-15(13)12(10)7-9/h4-5,7,11,13H,2-3,6,8H2,1H3,(H,16,17). The number of piperidine rings is 1. The molecule has 2 unspecified atom stereocenters. The lowest BCUT2D eigenvalue weighted by atomic mass is 9.88. The van der Waals surface area contributed by atoms with Gasteiger partial charge in [-0.05, 0) is 43.4 Å². The first-order valence-electron chi connectivity index (χ1n) is 6.26. The molecule has 0 aliphatic carbocycles. The van der Waals surface area contributed by atoms with Gasteiger partial charge in [-0.1, -0.05) is 12.1 Å². The summed E-state index contributed by atoms with van der Waals surface area (Å²) < 4.78 is 0. The Kier molecular flexibility index (Phi) is 2.35. The van der Waals surface area contributed by atoms with Crippen LogP contribution in [-0.4, -0.2) is 23.7 Å². The number of fused-ring (bicyclic) bond motifs is 3. The van der Waals surface area contributed by atoms with Crippen LogP contribution in [0.4, 0.5) is 5.69 Å². The minimum atomic E-state index is -0.635. The highest BCUT2D eigenvalue weighted by molar-refractivity contribution is 5.74. The summed E-state index contributed by atoms with van der Waals surface area (Å²) in [6.45, 7) is 3.09. The smallest absolute Gasteiger partial charge is 0.308 e. The van der Waals surface area contributed by atoms with Crippen molar-refractivity contribution in [2.75, 3.05) is 11.4 Å². The van der Waals surface area contributed by atoms with Crippen LogP contribution < -0.4 is 4.90 Å². The Balaban J connectivity index is 1.98. The van der Waals surface area contributed by atoms with Crippen molar-refractivity contribution < 1.29 is 9.90 Å². The maximum Gasteiger partial charge on any atom is 0.308 e. The Hall–Kier alpha value is -1.51. The van der Waals surface area contributed by atoms with Crippen molar-refractivity contribution in [2.45, 2.75) is 32.2 Å². The van der Waals surface area contributed by atoms with Gasteiger partial charge in [0, 0.05) is 18.3 Å². The molecule has 0 bridgehead atoms. The number of carboxylic acids is 1. The molecule has 2 heterocycles. The summed E-state index contributed by atoms with van der Waals surface area (Å²) in [7, 11) is 0. The second kappa shape index (κ2) is 3.76. The van der Waals surface area contributed by atoms with Gasteiger partial charge in [-0.25, -0.2) is 0 Å². The highest BCUT2D eigenvalue weighted by Gasteiger charge is 2.40. The number of nitrogens with zero attached hydrogens (tertiary/aromatic N) is 1. The first kappa shape index (κ1) is 10.6. The van der Waals surface area contributed by atoms with E-state index in [0.717, 1.165) is 25.8 Å². The zero-order valence-corrected chi connectivity index (χ0v) is 10.0. The zero-order valence-electron chi connectivity index (χ0n) is 10.0. The van der Waals surface area contributed by atoms with Crippen molar-refractivity contribution >= 4 is 11.7 Å². The third-order valence-electron chi connectivity index (χ3n) is 4.08. The van der Waals surface area contributed by atoms with Gasteiger partial charge in [-0.2, -0.15) is 0 Å². The van der Waals surface area contributed by atoms with Crippen molar-refractivity contribution in [3.05, 3.63) is 29.3 Å². The molecule has 1 fully saturated rings. The first-order valence-corrected chi connectivity index (χ1v) is 6.26. The van der Waals surface area contributed by atoms with Crippen molar-refractivity contribution in [1.29, 1.82) is 0 Å². The third-order valence-corrected chi connectivity index (χ3v) is 4.08. The van der Waals surface area contributed by atoms with E-state index in [9.17, 15) is 9.90 Å². The summed E-state index contributed by atoms with van der Waals surface area (Å²) in [4.78, 5) is 13.6. The molecule has 3 rings (SSSR count). The molecule has 2 aliphatic rings. The lowest BCUT2D eigenvalue weighted by molar-refractivity contribution is -0.143. The van der Waals surface area contributed by atoms with E-state index in [0.29, 0.717) is 0 Å². The molecule has 0 aromatic heterocycles. The minimum absolute atomic E-state index is 0.179. The average Bonchev–Trinajstić information content (AvgIpc) is 2.66. The van der Waals surface area contributed by atoms with Crippen LogP contribution in [0.1, 0.15) is 24.0 Å². The van der Waals surface area contributed by atoms with E-state index in [2.05, 4.69) is 30.0 Å². The largest absolute Gasteiger partial charge is 0.481 e. The molecule has 1 N–H and O–H groups in total. The number of hydrogen-bond acceptors (Lipinski definition) is 2. The molecule has 3 heteroatoms. The number of aliphatic carboxylic acids is 1. The molecule has 1 saturated heterocycles. The monoisotopic (exact) mass is 231 g/mol. The Labute approximate surface area is 101 Å². The second-order valence-electron chi connectivity index (χ2n) is 5.18. The first-order chi connectivity index (χ1) is 8.16. The summed E-state index contributed by atoms with van der Waals surface area (Å²) >= 11 is 0. The van der Waals surface area contributed by atoms with Crippen LogP contribution in [0.15, 0.2) is 18.2 Å². The van der Waals surface area contributed by atoms with Crippen LogP contribution in [0.25, 0.3) is 0 Å². The Morgan fingerprint density at radius 3 is 3.06 bits per heavy atom. The van der Waals surface area contributed by atoms with E-state index in [1.54, 1.807) is 0 Å². The van der Waals surface area contributed by atoms with Crippen molar-refractivity contribution in [3.63, 3.8) is 0 Å². The molecule has 0 amide bonds. The van der Waals surface area contributed by atoms with Crippen LogP contribution in [0.2, 0.25) is 0 Å². The summed E-state index contributed by atoms with van der Waals surface area (Å²) in [5.74, 6) is -0.833. The number of carboxylic acid groups (broad SMARTS) is 1. The minimum Gasteiger partial charge on any atom is -0.481 e. The Morgan fingerprint density at radius 1 is 1.47 bits per heavy atom. The molecule has 2 atom stereocenters. The van der Waals surface area contributed by atoms with Crippen LogP contribution >= 0.6 is 0 Å². The number of anilines is 1. The Morgan fingerprint density at radius 2 is 2.29 bits per heavy atom. The maximum atomic E-state index is 11.3. The molecule has 90 valence electrons. The molecule has 1 aromatic rings. The maximum absolute atomic E-state index is 11.3. The fourth-order valence-electron chi connectivity index (χ4n) is 3.24. The van der Waals surface area contributed by atoms with Crippen molar-refractivity contribution in [3.8, 4) is 0 Å². The van der Waals surface area contributed by atoms with Crippen molar-refractivity contribution in [1.82, 2.24) is 0 Å². The van der Waals surface area contributed by atoms with Gasteiger partial charge < -0.3 is 10.0 Å². The van der Waals surface area contributed by atoms with E-state index in [1.165, 1.54) is 16.8 Å². The number of rotatable bonds is 1. The molecule has 3 nitrogen and oxygen atoms in total.